The van der Waals surface area contributed by atoms with Crippen LogP contribution in [0.5, 0.6) is 11.6 Å². The molecule has 1 aromatic heterocycles. The molecule has 4 heteroatoms. The predicted molar refractivity (Wildman–Crippen MR) is 75.1 cm³/mol. The van der Waals surface area contributed by atoms with E-state index in [0.29, 0.717) is 5.88 Å². The summed E-state index contributed by atoms with van der Waals surface area (Å²) in [7, 11) is 0. The quantitative estimate of drug-likeness (QED) is 0.853. The number of nitrogens with zero attached hydrogens (tertiary/aromatic N) is 1. The minimum absolute atomic E-state index is 0.00923. The predicted octanol–water partition coefficient (Wildman–Crippen LogP) is 3.62. The van der Waals surface area contributed by atoms with Gasteiger partial charge in [0.1, 0.15) is 5.75 Å². The van der Waals surface area contributed by atoms with Gasteiger partial charge in [0, 0.05) is 23.2 Å². The first-order valence-electron chi connectivity index (χ1n) is 5.73. The highest BCUT2D eigenvalue weighted by Gasteiger charge is 2.05. The van der Waals surface area contributed by atoms with Crippen molar-refractivity contribution >= 4 is 11.8 Å². The number of nitrogens with two attached hydrogens (primary N) is 1. The number of pyridine rings is 1. The molecule has 0 saturated carbocycles. The van der Waals surface area contributed by atoms with E-state index in [1.807, 2.05) is 49.6 Å². The minimum Gasteiger partial charge on any atom is -0.438 e. The SMILES string of the molecule is CSc1ccccc1Oc1ccc(C(C)N)cn1. The lowest BCUT2D eigenvalue weighted by molar-refractivity contribution is 0.451. The summed E-state index contributed by atoms with van der Waals surface area (Å²) in [5.41, 5.74) is 6.78. The van der Waals surface area contributed by atoms with Crippen molar-refractivity contribution in [1.29, 1.82) is 0 Å². The lowest BCUT2D eigenvalue weighted by Gasteiger charge is -2.09. The highest BCUT2D eigenvalue weighted by atomic mass is 32.2. The van der Waals surface area contributed by atoms with Crippen molar-refractivity contribution in [3.63, 3.8) is 0 Å². The fourth-order valence-corrected chi connectivity index (χ4v) is 2.06. The number of hydrogen-bond acceptors (Lipinski definition) is 4. The van der Waals surface area contributed by atoms with Crippen LogP contribution in [0.15, 0.2) is 47.5 Å². The molecule has 0 spiro atoms. The molecule has 0 saturated heterocycles. The topological polar surface area (TPSA) is 48.1 Å². The van der Waals surface area contributed by atoms with Crippen molar-refractivity contribution in [3.8, 4) is 11.6 Å². The van der Waals surface area contributed by atoms with Gasteiger partial charge in [0.15, 0.2) is 0 Å². The number of hydrogen-bond donors (Lipinski definition) is 1. The van der Waals surface area contributed by atoms with E-state index in [4.69, 9.17) is 10.5 Å². The molecule has 1 unspecified atom stereocenters. The molecule has 1 aromatic carbocycles. The minimum atomic E-state index is -0.00923. The third-order valence-electron chi connectivity index (χ3n) is 2.57. The van der Waals surface area contributed by atoms with Crippen molar-refractivity contribution < 1.29 is 4.74 Å². The molecule has 1 atom stereocenters. The van der Waals surface area contributed by atoms with E-state index in [1.54, 1.807) is 18.0 Å². The van der Waals surface area contributed by atoms with E-state index in [0.717, 1.165) is 16.2 Å². The summed E-state index contributed by atoms with van der Waals surface area (Å²) >= 11 is 1.65. The second-order valence-electron chi connectivity index (χ2n) is 3.97. The lowest BCUT2D eigenvalue weighted by Crippen LogP contribution is -2.05. The normalized spacial score (nSPS) is 12.2. The van der Waals surface area contributed by atoms with Gasteiger partial charge in [-0.05, 0) is 30.9 Å². The number of benzene rings is 1. The van der Waals surface area contributed by atoms with Gasteiger partial charge in [-0.3, -0.25) is 0 Å². The number of ether oxygens (including phenoxy) is 1. The molecule has 1 heterocycles. The molecule has 0 aliphatic rings. The zero-order valence-electron chi connectivity index (χ0n) is 10.5. The number of rotatable bonds is 4. The van der Waals surface area contributed by atoms with Gasteiger partial charge in [-0.2, -0.15) is 0 Å². The molecule has 2 N–H and O–H groups in total. The van der Waals surface area contributed by atoms with Crippen LogP contribution in [0.25, 0.3) is 0 Å². The zero-order valence-corrected chi connectivity index (χ0v) is 11.3. The summed E-state index contributed by atoms with van der Waals surface area (Å²) in [6.07, 6.45) is 3.77. The first kappa shape index (κ1) is 12.9. The van der Waals surface area contributed by atoms with Gasteiger partial charge in [0.05, 0.1) is 0 Å². The monoisotopic (exact) mass is 260 g/mol. The third kappa shape index (κ3) is 3.03. The Labute approximate surface area is 111 Å². The van der Waals surface area contributed by atoms with Gasteiger partial charge in [0.25, 0.3) is 0 Å². The van der Waals surface area contributed by atoms with Crippen molar-refractivity contribution in [2.75, 3.05) is 6.26 Å². The van der Waals surface area contributed by atoms with Crippen LogP contribution >= 0.6 is 11.8 Å². The molecule has 3 nitrogen and oxygen atoms in total. The molecular formula is C14H16N2OS. The van der Waals surface area contributed by atoms with Crippen LogP contribution in [0, 0.1) is 0 Å². The Balaban J connectivity index is 2.18. The zero-order chi connectivity index (χ0) is 13.0. The van der Waals surface area contributed by atoms with Gasteiger partial charge in [-0.1, -0.05) is 18.2 Å². The highest BCUT2D eigenvalue weighted by molar-refractivity contribution is 7.98. The van der Waals surface area contributed by atoms with Crippen molar-refractivity contribution in [1.82, 2.24) is 4.98 Å². The maximum Gasteiger partial charge on any atom is 0.219 e. The van der Waals surface area contributed by atoms with Crippen molar-refractivity contribution in [3.05, 3.63) is 48.2 Å². The molecule has 0 aliphatic carbocycles. The summed E-state index contributed by atoms with van der Waals surface area (Å²) in [6.45, 7) is 1.93. The van der Waals surface area contributed by atoms with Gasteiger partial charge < -0.3 is 10.5 Å². The molecule has 0 aliphatic heterocycles. The Morgan fingerprint density at radius 3 is 2.61 bits per heavy atom. The molecule has 0 amide bonds. The highest BCUT2D eigenvalue weighted by Crippen LogP contribution is 2.30. The molecule has 2 rings (SSSR count). The van der Waals surface area contributed by atoms with Crippen LogP contribution in [0.2, 0.25) is 0 Å². The summed E-state index contributed by atoms with van der Waals surface area (Å²) in [6, 6.07) is 11.7. The number of thioether (sulfide) groups is 1. The Kier molecular flexibility index (Phi) is 4.23. The molecule has 0 radical (unpaired) electrons. The molecule has 0 fully saturated rings. The Morgan fingerprint density at radius 2 is 2.00 bits per heavy atom. The van der Waals surface area contributed by atoms with Crippen LogP contribution < -0.4 is 10.5 Å². The Morgan fingerprint density at radius 1 is 1.22 bits per heavy atom. The van der Waals surface area contributed by atoms with Gasteiger partial charge in [-0.25, -0.2) is 4.98 Å². The summed E-state index contributed by atoms with van der Waals surface area (Å²) in [5, 5.41) is 0. The first-order valence-corrected chi connectivity index (χ1v) is 6.95. The lowest BCUT2D eigenvalue weighted by atomic mass is 10.2. The molecule has 0 bridgehead atoms. The van der Waals surface area contributed by atoms with E-state index in [-0.39, 0.29) is 6.04 Å². The fraction of sp³-hybridized carbons (Fsp3) is 0.214. The summed E-state index contributed by atoms with van der Waals surface area (Å²) < 4.78 is 5.76. The molecular weight excluding hydrogens is 244 g/mol. The average Bonchev–Trinajstić information content (AvgIpc) is 2.40. The maximum absolute atomic E-state index is 5.78. The fourth-order valence-electron chi connectivity index (χ4n) is 1.54. The van der Waals surface area contributed by atoms with E-state index < -0.39 is 0 Å². The summed E-state index contributed by atoms with van der Waals surface area (Å²) in [5.74, 6) is 1.41. The van der Waals surface area contributed by atoms with Gasteiger partial charge >= 0.3 is 0 Å². The summed E-state index contributed by atoms with van der Waals surface area (Å²) in [4.78, 5) is 5.35. The van der Waals surface area contributed by atoms with Crippen LogP contribution in [-0.2, 0) is 0 Å². The first-order chi connectivity index (χ1) is 8.70. The molecule has 18 heavy (non-hydrogen) atoms. The van der Waals surface area contributed by atoms with Crippen LogP contribution in [0.1, 0.15) is 18.5 Å². The van der Waals surface area contributed by atoms with Crippen LogP contribution in [0.3, 0.4) is 0 Å². The van der Waals surface area contributed by atoms with E-state index in [9.17, 15) is 0 Å². The van der Waals surface area contributed by atoms with E-state index in [1.165, 1.54) is 0 Å². The maximum atomic E-state index is 5.78. The second kappa shape index (κ2) is 5.89. The van der Waals surface area contributed by atoms with Crippen LogP contribution in [-0.4, -0.2) is 11.2 Å². The average molecular weight is 260 g/mol. The van der Waals surface area contributed by atoms with Crippen LogP contribution in [0.4, 0.5) is 0 Å². The molecule has 2 aromatic rings. The van der Waals surface area contributed by atoms with Crippen molar-refractivity contribution in [2.45, 2.75) is 17.9 Å². The largest absolute Gasteiger partial charge is 0.438 e. The van der Waals surface area contributed by atoms with Gasteiger partial charge in [-0.15, -0.1) is 11.8 Å². The molecule has 94 valence electrons. The Hall–Kier alpha value is -1.52. The second-order valence-corrected chi connectivity index (χ2v) is 4.82. The van der Waals surface area contributed by atoms with Gasteiger partial charge in [0.2, 0.25) is 5.88 Å². The smallest absolute Gasteiger partial charge is 0.219 e. The third-order valence-corrected chi connectivity index (χ3v) is 3.35. The number of para-hydroxylation sites is 1. The van der Waals surface area contributed by atoms with E-state index >= 15 is 0 Å². The standard InChI is InChI=1S/C14H16N2OS/c1-10(15)11-7-8-14(16-9-11)17-12-5-3-4-6-13(12)18-2/h3-10H,15H2,1-2H3. The number of aromatic nitrogens is 1. The Bertz CT molecular complexity index is 511. The van der Waals surface area contributed by atoms with Crippen molar-refractivity contribution in [2.24, 2.45) is 5.73 Å². The van der Waals surface area contributed by atoms with E-state index in [2.05, 4.69) is 4.98 Å².